The fourth-order valence-electron chi connectivity index (χ4n) is 2.51. The number of benzene rings is 1. The molecular formula is C14H20BrN3S. The number of likely N-dealkylation sites (N-methyl/N-ethyl adjacent to an activating group) is 1. The van der Waals surface area contributed by atoms with Gasteiger partial charge in [-0.25, -0.2) is 0 Å². The van der Waals surface area contributed by atoms with E-state index in [1.807, 2.05) is 12.1 Å². The first-order valence-corrected chi connectivity index (χ1v) is 7.70. The molecule has 5 heteroatoms. The van der Waals surface area contributed by atoms with Gasteiger partial charge in [-0.3, -0.25) is 0 Å². The highest BCUT2D eigenvalue weighted by Gasteiger charge is 2.22. The largest absolute Gasteiger partial charge is 0.389 e. The van der Waals surface area contributed by atoms with Crippen LogP contribution in [0.25, 0.3) is 0 Å². The van der Waals surface area contributed by atoms with Crippen molar-refractivity contribution in [2.45, 2.75) is 18.9 Å². The molecule has 1 aliphatic rings. The van der Waals surface area contributed by atoms with Crippen LogP contribution in [-0.4, -0.2) is 43.1 Å². The lowest BCUT2D eigenvalue weighted by atomic mass is 10.0. The summed E-state index contributed by atoms with van der Waals surface area (Å²) in [5, 5.41) is 0. The van der Waals surface area contributed by atoms with Crippen LogP contribution in [0, 0.1) is 0 Å². The Labute approximate surface area is 128 Å². The van der Waals surface area contributed by atoms with Crippen molar-refractivity contribution in [3.63, 3.8) is 0 Å². The number of halogens is 1. The van der Waals surface area contributed by atoms with Crippen molar-refractivity contribution in [1.29, 1.82) is 0 Å². The van der Waals surface area contributed by atoms with Gasteiger partial charge in [0, 0.05) is 29.2 Å². The van der Waals surface area contributed by atoms with Crippen LogP contribution in [0.2, 0.25) is 0 Å². The summed E-state index contributed by atoms with van der Waals surface area (Å²) in [5.74, 6) is 0. The molecule has 0 radical (unpaired) electrons. The van der Waals surface area contributed by atoms with E-state index in [-0.39, 0.29) is 0 Å². The fraction of sp³-hybridized carbons (Fsp3) is 0.500. The lowest BCUT2D eigenvalue weighted by Gasteiger charge is -2.38. The Morgan fingerprint density at radius 3 is 2.79 bits per heavy atom. The summed E-state index contributed by atoms with van der Waals surface area (Å²) in [5.41, 5.74) is 7.80. The second kappa shape index (κ2) is 6.20. The zero-order valence-corrected chi connectivity index (χ0v) is 13.8. The van der Waals surface area contributed by atoms with E-state index in [1.54, 1.807) is 0 Å². The molecule has 0 amide bonds. The van der Waals surface area contributed by atoms with Gasteiger partial charge in [-0.05, 0) is 61.1 Å². The number of hydrogen-bond acceptors (Lipinski definition) is 3. The van der Waals surface area contributed by atoms with Gasteiger partial charge in [0.2, 0.25) is 0 Å². The molecule has 2 rings (SSSR count). The molecule has 1 heterocycles. The first-order chi connectivity index (χ1) is 8.99. The van der Waals surface area contributed by atoms with Gasteiger partial charge in [0.05, 0.1) is 5.69 Å². The smallest absolute Gasteiger partial charge is 0.104 e. The number of nitrogens with zero attached hydrogens (tertiary/aromatic N) is 2. The quantitative estimate of drug-likeness (QED) is 0.856. The summed E-state index contributed by atoms with van der Waals surface area (Å²) < 4.78 is 1.07. The number of hydrogen-bond donors (Lipinski definition) is 1. The normalized spacial score (nSPS) is 19.8. The molecule has 0 saturated carbocycles. The maximum atomic E-state index is 5.66. The van der Waals surface area contributed by atoms with Crippen LogP contribution in [-0.2, 0) is 0 Å². The fourth-order valence-corrected chi connectivity index (χ4v) is 3.27. The van der Waals surface area contributed by atoms with Crippen LogP contribution in [0.1, 0.15) is 18.4 Å². The topological polar surface area (TPSA) is 32.5 Å². The number of rotatable bonds is 3. The molecule has 1 unspecified atom stereocenters. The van der Waals surface area contributed by atoms with Crippen molar-refractivity contribution < 1.29 is 0 Å². The van der Waals surface area contributed by atoms with Gasteiger partial charge in [0.1, 0.15) is 4.99 Å². The number of piperidine rings is 1. The molecule has 1 atom stereocenters. The highest BCUT2D eigenvalue weighted by molar-refractivity contribution is 9.10. The molecule has 0 bridgehead atoms. The summed E-state index contributed by atoms with van der Waals surface area (Å²) in [4.78, 5) is 5.18. The minimum Gasteiger partial charge on any atom is -0.389 e. The van der Waals surface area contributed by atoms with Gasteiger partial charge in [-0.2, -0.15) is 0 Å². The van der Waals surface area contributed by atoms with Crippen molar-refractivity contribution in [3.8, 4) is 0 Å². The van der Waals surface area contributed by atoms with Crippen LogP contribution in [0.3, 0.4) is 0 Å². The van der Waals surface area contributed by atoms with E-state index < -0.39 is 0 Å². The average molecular weight is 342 g/mol. The van der Waals surface area contributed by atoms with Gasteiger partial charge in [-0.15, -0.1) is 0 Å². The van der Waals surface area contributed by atoms with Gasteiger partial charge >= 0.3 is 0 Å². The Morgan fingerprint density at radius 2 is 2.21 bits per heavy atom. The van der Waals surface area contributed by atoms with E-state index in [4.69, 9.17) is 18.0 Å². The Morgan fingerprint density at radius 1 is 1.47 bits per heavy atom. The van der Waals surface area contributed by atoms with Crippen LogP contribution >= 0.6 is 28.1 Å². The zero-order valence-electron chi connectivity index (χ0n) is 11.4. The summed E-state index contributed by atoms with van der Waals surface area (Å²) in [7, 11) is 4.30. The predicted octanol–water partition coefficient (Wildman–Crippen LogP) is 2.61. The Bertz CT molecular complexity index is 476. The highest BCUT2D eigenvalue weighted by atomic mass is 79.9. The van der Waals surface area contributed by atoms with E-state index in [9.17, 15) is 0 Å². The Kier molecular flexibility index (Phi) is 4.81. The lowest BCUT2D eigenvalue weighted by Crippen LogP contribution is -2.45. The summed E-state index contributed by atoms with van der Waals surface area (Å²) in [6, 6.07) is 6.74. The molecule has 19 heavy (non-hydrogen) atoms. The van der Waals surface area contributed by atoms with Gasteiger partial charge in [0.25, 0.3) is 0 Å². The molecular weight excluding hydrogens is 322 g/mol. The standard InChI is InChI=1S/C14H20BrN3S/c1-17(2)11-4-3-7-18(9-11)13-6-5-10(14(16)19)8-12(13)15/h5-6,8,11H,3-4,7,9H2,1-2H3,(H2,16,19). The third-order valence-corrected chi connectivity index (χ3v) is 4.57. The average Bonchev–Trinajstić information content (AvgIpc) is 2.38. The third-order valence-electron chi connectivity index (χ3n) is 3.70. The molecule has 1 aliphatic heterocycles. The van der Waals surface area contributed by atoms with Gasteiger partial charge < -0.3 is 15.5 Å². The number of thiocarbonyl (C=S) groups is 1. The molecule has 0 aliphatic carbocycles. The second-order valence-electron chi connectivity index (χ2n) is 5.24. The number of anilines is 1. The van der Waals surface area contributed by atoms with Crippen LogP contribution in [0.4, 0.5) is 5.69 Å². The molecule has 1 aromatic carbocycles. The maximum absolute atomic E-state index is 5.66. The first kappa shape index (κ1) is 14.8. The molecule has 2 N–H and O–H groups in total. The van der Waals surface area contributed by atoms with Crippen molar-refractivity contribution >= 4 is 38.8 Å². The van der Waals surface area contributed by atoms with E-state index in [0.717, 1.165) is 23.1 Å². The third kappa shape index (κ3) is 3.46. The number of nitrogens with two attached hydrogens (primary N) is 1. The second-order valence-corrected chi connectivity index (χ2v) is 6.53. The minimum absolute atomic E-state index is 0.442. The summed E-state index contributed by atoms with van der Waals surface area (Å²) in [6.07, 6.45) is 2.50. The Hall–Kier alpha value is -0.650. The highest BCUT2D eigenvalue weighted by Crippen LogP contribution is 2.30. The van der Waals surface area contributed by atoms with Crippen LogP contribution in [0.15, 0.2) is 22.7 Å². The first-order valence-electron chi connectivity index (χ1n) is 6.50. The van der Waals surface area contributed by atoms with Gasteiger partial charge in [0.15, 0.2) is 0 Å². The molecule has 0 aromatic heterocycles. The van der Waals surface area contributed by atoms with E-state index in [2.05, 4.69) is 45.9 Å². The summed E-state index contributed by atoms with van der Waals surface area (Å²) >= 11 is 8.65. The molecule has 104 valence electrons. The summed E-state index contributed by atoms with van der Waals surface area (Å²) in [6.45, 7) is 2.17. The van der Waals surface area contributed by atoms with Crippen molar-refractivity contribution in [3.05, 3.63) is 28.2 Å². The van der Waals surface area contributed by atoms with E-state index in [0.29, 0.717) is 11.0 Å². The molecule has 3 nitrogen and oxygen atoms in total. The van der Waals surface area contributed by atoms with Crippen molar-refractivity contribution in [2.24, 2.45) is 5.73 Å². The molecule has 0 spiro atoms. The van der Waals surface area contributed by atoms with Crippen molar-refractivity contribution in [2.75, 3.05) is 32.1 Å². The van der Waals surface area contributed by atoms with E-state index in [1.165, 1.54) is 18.5 Å². The Balaban J connectivity index is 2.19. The van der Waals surface area contributed by atoms with Crippen LogP contribution < -0.4 is 10.6 Å². The zero-order chi connectivity index (χ0) is 14.0. The SMILES string of the molecule is CN(C)C1CCCN(c2ccc(C(N)=S)cc2Br)C1. The monoisotopic (exact) mass is 341 g/mol. The van der Waals surface area contributed by atoms with Crippen LogP contribution in [0.5, 0.6) is 0 Å². The van der Waals surface area contributed by atoms with Crippen molar-refractivity contribution in [1.82, 2.24) is 4.90 Å². The molecule has 1 saturated heterocycles. The predicted molar refractivity (Wildman–Crippen MR) is 89.0 cm³/mol. The maximum Gasteiger partial charge on any atom is 0.104 e. The van der Waals surface area contributed by atoms with Gasteiger partial charge in [-0.1, -0.05) is 12.2 Å². The van der Waals surface area contributed by atoms with E-state index >= 15 is 0 Å². The lowest BCUT2D eigenvalue weighted by molar-refractivity contribution is 0.258. The molecule has 1 fully saturated rings. The molecule has 1 aromatic rings. The minimum atomic E-state index is 0.442.